The van der Waals surface area contributed by atoms with E-state index in [-0.39, 0.29) is 11.5 Å². The van der Waals surface area contributed by atoms with E-state index in [0.29, 0.717) is 12.5 Å². The van der Waals surface area contributed by atoms with Gasteiger partial charge in [0.2, 0.25) is 5.91 Å². The predicted octanol–water partition coefficient (Wildman–Crippen LogP) is 1.06. The molecular formula is C12H24N2O2. The fourth-order valence-electron chi connectivity index (χ4n) is 1.91. The van der Waals surface area contributed by atoms with E-state index in [4.69, 9.17) is 4.74 Å². The zero-order valence-corrected chi connectivity index (χ0v) is 10.6. The molecular weight excluding hydrogens is 204 g/mol. The number of rotatable bonds is 6. The van der Waals surface area contributed by atoms with Gasteiger partial charge in [0.15, 0.2) is 0 Å². The average Bonchev–Trinajstić information content (AvgIpc) is 2.70. The van der Waals surface area contributed by atoms with Crippen LogP contribution in [0.3, 0.4) is 0 Å². The molecule has 0 radical (unpaired) electrons. The highest BCUT2D eigenvalue weighted by Gasteiger charge is 2.21. The summed E-state index contributed by atoms with van der Waals surface area (Å²) in [6.45, 7) is 5.72. The largest absolute Gasteiger partial charge is 0.378 e. The van der Waals surface area contributed by atoms with E-state index >= 15 is 0 Å². The van der Waals surface area contributed by atoms with Gasteiger partial charge in [0.25, 0.3) is 0 Å². The highest BCUT2D eigenvalue weighted by atomic mass is 16.5. The molecule has 1 atom stereocenters. The lowest BCUT2D eigenvalue weighted by Gasteiger charge is -2.22. The van der Waals surface area contributed by atoms with Gasteiger partial charge in [0, 0.05) is 19.7 Å². The molecule has 1 aliphatic heterocycles. The molecule has 0 aliphatic carbocycles. The minimum absolute atomic E-state index is 0.0739. The summed E-state index contributed by atoms with van der Waals surface area (Å²) in [5.41, 5.74) is -0.365. The molecule has 16 heavy (non-hydrogen) atoms. The van der Waals surface area contributed by atoms with Gasteiger partial charge in [-0.05, 0) is 39.7 Å². The summed E-state index contributed by atoms with van der Waals surface area (Å²) >= 11 is 0. The van der Waals surface area contributed by atoms with Gasteiger partial charge in [0.1, 0.15) is 0 Å². The summed E-state index contributed by atoms with van der Waals surface area (Å²) in [7, 11) is 1.63. The topological polar surface area (TPSA) is 50.4 Å². The summed E-state index contributed by atoms with van der Waals surface area (Å²) in [5.74, 6) is 0.0739. The van der Waals surface area contributed by atoms with Crippen LogP contribution in [-0.4, -0.2) is 37.7 Å². The smallest absolute Gasteiger partial charge is 0.222 e. The maximum Gasteiger partial charge on any atom is 0.222 e. The van der Waals surface area contributed by atoms with Gasteiger partial charge in [-0.15, -0.1) is 0 Å². The van der Waals surface area contributed by atoms with Crippen molar-refractivity contribution in [3.8, 4) is 0 Å². The number of amides is 1. The second kappa shape index (κ2) is 6.21. The Kier molecular flexibility index (Phi) is 5.22. The summed E-state index contributed by atoms with van der Waals surface area (Å²) < 4.78 is 5.21. The SMILES string of the molecule is COC(C)(C)CC(=O)NCC[C@@H]1CCCN1. The second-order valence-corrected chi connectivity index (χ2v) is 5.07. The first-order chi connectivity index (χ1) is 7.53. The number of hydrogen-bond acceptors (Lipinski definition) is 3. The highest BCUT2D eigenvalue weighted by Crippen LogP contribution is 2.12. The third kappa shape index (κ3) is 4.94. The zero-order valence-electron chi connectivity index (χ0n) is 10.6. The number of hydrogen-bond donors (Lipinski definition) is 2. The van der Waals surface area contributed by atoms with Crippen molar-refractivity contribution < 1.29 is 9.53 Å². The van der Waals surface area contributed by atoms with E-state index in [1.807, 2.05) is 13.8 Å². The Morgan fingerprint density at radius 1 is 1.56 bits per heavy atom. The fourth-order valence-corrected chi connectivity index (χ4v) is 1.91. The molecule has 2 N–H and O–H groups in total. The Balaban J connectivity index is 2.10. The van der Waals surface area contributed by atoms with Gasteiger partial charge in [-0.3, -0.25) is 4.79 Å². The van der Waals surface area contributed by atoms with Crippen LogP contribution in [0.2, 0.25) is 0 Å². The molecule has 1 fully saturated rings. The Hall–Kier alpha value is -0.610. The number of carbonyl (C=O) groups excluding carboxylic acids is 1. The number of carbonyl (C=O) groups is 1. The fraction of sp³-hybridized carbons (Fsp3) is 0.917. The van der Waals surface area contributed by atoms with Crippen molar-refractivity contribution in [2.24, 2.45) is 0 Å². The van der Waals surface area contributed by atoms with Crippen molar-refractivity contribution >= 4 is 5.91 Å². The van der Waals surface area contributed by atoms with Crippen LogP contribution < -0.4 is 10.6 Å². The van der Waals surface area contributed by atoms with Crippen LogP contribution in [0, 0.1) is 0 Å². The molecule has 0 bridgehead atoms. The van der Waals surface area contributed by atoms with Gasteiger partial charge in [-0.25, -0.2) is 0 Å². The van der Waals surface area contributed by atoms with Crippen LogP contribution in [0.15, 0.2) is 0 Å². The number of methoxy groups -OCH3 is 1. The van der Waals surface area contributed by atoms with E-state index in [9.17, 15) is 4.79 Å². The lowest BCUT2D eigenvalue weighted by Crippen LogP contribution is -2.35. The molecule has 1 heterocycles. The molecule has 0 saturated carbocycles. The van der Waals surface area contributed by atoms with E-state index in [0.717, 1.165) is 19.5 Å². The molecule has 4 nitrogen and oxygen atoms in total. The van der Waals surface area contributed by atoms with Crippen molar-refractivity contribution in [1.82, 2.24) is 10.6 Å². The molecule has 0 aromatic heterocycles. The van der Waals surface area contributed by atoms with Crippen molar-refractivity contribution in [3.63, 3.8) is 0 Å². The molecule has 0 aromatic carbocycles. The summed E-state index contributed by atoms with van der Waals surface area (Å²) in [6, 6.07) is 0.593. The molecule has 1 saturated heterocycles. The van der Waals surface area contributed by atoms with Crippen LogP contribution >= 0.6 is 0 Å². The number of nitrogens with one attached hydrogen (secondary N) is 2. The van der Waals surface area contributed by atoms with Crippen LogP contribution in [0.4, 0.5) is 0 Å². The minimum atomic E-state index is -0.365. The zero-order chi connectivity index (χ0) is 12.0. The minimum Gasteiger partial charge on any atom is -0.378 e. The van der Waals surface area contributed by atoms with E-state index < -0.39 is 0 Å². The maximum atomic E-state index is 11.6. The number of ether oxygens (including phenoxy) is 1. The third-order valence-corrected chi connectivity index (χ3v) is 3.12. The molecule has 94 valence electrons. The molecule has 1 aliphatic rings. The molecule has 1 amide bonds. The highest BCUT2D eigenvalue weighted by molar-refractivity contribution is 5.76. The average molecular weight is 228 g/mol. The van der Waals surface area contributed by atoms with Crippen molar-refractivity contribution in [2.75, 3.05) is 20.2 Å². The van der Waals surface area contributed by atoms with E-state index in [2.05, 4.69) is 10.6 Å². The van der Waals surface area contributed by atoms with Gasteiger partial charge in [-0.2, -0.15) is 0 Å². The first kappa shape index (κ1) is 13.5. The van der Waals surface area contributed by atoms with Crippen molar-refractivity contribution in [3.05, 3.63) is 0 Å². The monoisotopic (exact) mass is 228 g/mol. The first-order valence-corrected chi connectivity index (χ1v) is 6.09. The quantitative estimate of drug-likeness (QED) is 0.714. The van der Waals surface area contributed by atoms with Crippen LogP contribution in [0.25, 0.3) is 0 Å². The van der Waals surface area contributed by atoms with Gasteiger partial charge in [0.05, 0.1) is 12.0 Å². The molecule has 1 rings (SSSR count). The Labute approximate surface area is 98.1 Å². The summed E-state index contributed by atoms with van der Waals surface area (Å²) in [5, 5.41) is 6.35. The maximum absolute atomic E-state index is 11.6. The van der Waals surface area contributed by atoms with Crippen LogP contribution in [-0.2, 0) is 9.53 Å². The van der Waals surface area contributed by atoms with Crippen molar-refractivity contribution in [2.45, 2.75) is 51.2 Å². The third-order valence-electron chi connectivity index (χ3n) is 3.12. The summed E-state index contributed by atoms with van der Waals surface area (Å²) in [6.07, 6.45) is 3.94. The Morgan fingerprint density at radius 2 is 2.31 bits per heavy atom. The Morgan fingerprint density at radius 3 is 2.88 bits per heavy atom. The lowest BCUT2D eigenvalue weighted by molar-refractivity contribution is -0.126. The second-order valence-electron chi connectivity index (χ2n) is 5.07. The van der Waals surface area contributed by atoms with E-state index in [1.165, 1.54) is 12.8 Å². The standard InChI is InChI=1S/C12H24N2O2/c1-12(2,16-3)9-11(15)14-8-6-10-5-4-7-13-10/h10,13H,4-9H2,1-3H3,(H,14,15)/t10-/m0/s1. The predicted molar refractivity (Wildman–Crippen MR) is 64.4 cm³/mol. The van der Waals surface area contributed by atoms with Crippen LogP contribution in [0.1, 0.15) is 39.5 Å². The van der Waals surface area contributed by atoms with Gasteiger partial charge >= 0.3 is 0 Å². The molecule has 0 aromatic rings. The molecule has 4 heteroatoms. The van der Waals surface area contributed by atoms with Gasteiger partial charge in [-0.1, -0.05) is 0 Å². The summed E-state index contributed by atoms with van der Waals surface area (Å²) in [4.78, 5) is 11.6. The van der Waals surface area contributed by atoms with Gasteiger partial charge < -0.3 is 15.4 Å². The lowest BCUT2D eigenvalue weighted by atomic mass is 10.0. The van der Waals surface area contributed by atoms with E-state index in [1.54, 1.807) is 7.11 Å². The molecule has 0 spiro atoms. The Bertz CT molecular complexity index is 223. The first-order valence-electron chi connectivity index (χ1n) is 6.09. The normalized spacial score (nSPS) is 21.1. The van der Waals surface area contributed by atoms with Crippen LogP contribution in [0.5, 0.6) is 0 Å². The van der Waals surface area contributed by atoms with Crippen molar-refractivity contribution in [1.29, 1.82) is 0 Å². The molecule has 0 unspecified atom stereocenters.